The first-order valence-corrected chi connectivity index (χ1v) is 5.27. The molecule has 2 N–H and O–H groups in total. The lowest BCUT2D eigenvalue weighted by molar-refractivity contribution is -0.136. The van der Waals surface area contributed by atoms with Gasteiger partial charge in [-0.3, -0.25) is 0 Å². The van der Waals surface area contributed by atoms with E-state index in [-0.39, 0.29) is 22.9 Å². The first kappa shape index (κ1) is 11.6. The largest absolute Gasteiger partial charge is 0.452 e. The van der Waals surface area contributed by atoms with Gasteiger partial charge in [-0.2, -0.15) is 13.2 Å². The Balaban J connectivity index is 2.21. The van der Waals surface area contributed by atoms with Gasteiger partial charge in [0.2, 0.25) is 5.76 Å². The minimum absolute atomic E-state index is 0.131. The zero-order valence-corrected chi connectivity index (χ0v) is 9.36. The van der Waals surface area contributed by atoms with E-state index in [2.05, 4.69) is 5.16 Å². The standard InChI is InChI=1S/C12H7F3N2O2/c13-12(14,15)7-3-1-2-6-4-8(18-11(6)7)9-5-10(16)17-19-9/h1-5H,(H2,16,17). The predicted octanol–water partition coefficient (Wildman–Crippen LogP) is 3.69. The van der Waals surface area contributed by atoms with Crippen LogP contribution in [0.5, 0.6) is 0 Å². The number of rotatable bonds is 1. The molecule has 0 saturated carbocycles. The molecule has 0 aliphatic rings. The van der Waals surface area contributed by atoms with Gasteiger partial charge < -0.3 is 14.7 Å². The summed E-state index contributed by atoms with van der Waals surface area (Å²) in [5.74, 6) is 0.462. The van der Waals surface area contributed by atoms with Gasteiger partial charge in [0.1, 0.15) is 5.58 Å². The van der Waals surface area contributed by atoms with Gasteiger partial charge in [0, 0.05) is 11.5 Å². The second kappa shape index (κ2) is 3.78. The van der Waals surface area contributed by atoms with Crippen molar-refractivity contribution in [2.45, 2.75) is 6.18 Å². The third-order valence-electron chi connectivity index (χ3n) is 2.62. The van der Waals surface area contributed by atoms with Gasteiger partial charge in [-0.25, -0.2) is 0 Å². The van der Waals surface area contributed by atoms with Gasteiger partial charge in [0.15, 0.2) is 11.6 Å². The second-order valence-electron chi connectivity index (χ2n) is 3.95. The third kappa shape index (κ3) is 1.92. The van der Waals surface area contributed by atoms with Crippen LogP contribution in [0.1, 0.15) is 5.56 Å². The number of benzene rings is 1. The molecule has 0 aliphatic heterocycles. The van der Waals surface area contributed by atoms with E-state index in [4.69, 9.17) is 14.7 Å². The molecule has 0 amide bonds. The fourth-order valence-electron chi connectivity index (χ4n) is 1.81. The zero-order valence-electron chi connectivity index (χ0n) is 9.36. The summed E-state index contributed by atoms with van der Waals surface area (Å²) in [6.07, 6.45) is -4.48. The summed E-state index contributed by atoms with van der Waals surface area (Å²) < 4.78 is 48.5. The molecule has 0 unspecified atom stereocenters. The van der Waals surface area contributed by atoms with Crippen LogP contribution < -0.4 is 5.73 Å². The minimum atomic E-state index is -4.48. The van der Waals surface area contributed by atoms with Crippen molar-refractivity contribution in [3.05, 3.63) is 35.9 Å². The normalized spacial score (nSPS) is 12.2. The number of hydrogen-bond acceptors (Lipinski definition) is 4. The summed E-state index contributed by atoms with van der Waals surface area (Å²) in [4.78, 5) is 0. The number of hydrogen-bond donors (Lipinski definition) is 1. The number of para-hydroxylation sites is 1. The Kier molecular flexibility index (Phi) is 2.31. The fourth-order valence-corrected chi connectivity index (χ4v) is 1.81. The molecule has 3 aromatic rings. The van der Waals surface area contributed by atoms with Gasteiger partial charge in [-0.1, -0.05) is 17.3 Å². The summed E-state index contributed by atoms with van der Waals surface area (Å²) in [6, 6.07) is 6.64. The lowest BCUT2D eigenvalue weighted by Crippen LogP contribution is -2.04. The number of furan rings is 1. The van der Waals surface area contributed by atoms with Crippen LogP contribution in [-0.4, -0.2) is 5.16 Å². The molecule has 0 spiro atoms. The van der Waals surface area contributed by atoms with Crippen molar-refractivity contribution in [1.82, 2.24) is 5.16 Å². The molecule has 0 bridgehead atoms. The van der Waals surface area contributed by atoms with E-state index in [0.29, 0.717) is 5.39 Å². The highest BCUT2D eigenvalue weighted by Gasteiger charge is 2.34. The van der Waals surface area contributed by atoms with Crippen molar-refractivity contribution in [3.63, 3.8) is 0 Å². The third-order valence-corrected chi connectivity index (χ3v) is 2.62. The Hall–Kier alpha value is -2.44. The number of fused-ring (bicyclic) bond motifs is 1. The van der Waals surface area contributed by atoms with Crippen LogP contribution in [0, 0.1) is 0 Å². The zero-order chi connectivity index (χ0) is 13.6. The van der Waals surface area contributed by atoms with Crippen LogP contribution in [0.15, 0.2) is 39.3 Å². The predicted molar refractivity (Wildman–Crippen MR) is 61.1 cm³/mol. The molecule has 7 heteroatoms. The summed E-state index contributed by atoms with van der Waals surface area (Å²) in [5, 5.41) is 3.79. The van der Waals surface area contributed by atoms with Crippen molar-refractivity contribution in [2.75, 3.05) is 5.73 Å². The summed E-state index contributed by atoms with van der Waals surface area (Å²) >= 11 is 0. The Bertz CT molecular complexity index is 743. The monoisotopic (exact) mass is 268 g/mol. The number of halogens is 3. The van der Waals surface area contributed by atoms with Gasteiger partial charge in [0.05, 0.1) is 5.56 Å². The van der Waals surface area contributed by atoms with Crippen LogP contribution in [0.25, 0.3) is 22.5 Å². The molecule has 4 nitrogen and oxygen atoms in total. The molecule has 0 radical (unpaired) electrons. The van der Waals surface area contributed by atoms with Crippen LogP contribution >= 0.6 is 0 Å². The van der Waals surface area contributed by atoms with Crippen molar-refractivity contribution in [3.8, 4) is 11.5 Å². The SMILES string of the molecule is Nc1cc(-c2cc3cccc(C(F)(F)F)c3o2)on1. The molecule has 98 valence electrons. The highest BCUT2D eigenvalue weighted by Crippen LogP contribution is 2.38. The fraction of sp³-hybridized carbons (Fsp3) is 0.0833. The van der Waals surface area contributed by atoms with Crippen LogP contribution in [0.4, 0.5) is 19.0 Å². The summed E-state index contributed by atoms with van der Waals surface area (Å²) in [5.41, 5.74) is 4.32. The number of nitrogens with zero attached hydrogens (tertiary/aromatic N) is 1. The van der Waals surface area contributed by atoms with E-state index in [9.17, 15) is 13.2 Å². The molecule has 0 saturated heterocycles. The Morgan fingerprint density at radius 2 is 1.89 bits per heavy atom. The number of anilines is 1. The molecule has 0 fully saturated rings. The average molecular weight is 268 g/mol. The van der Waals surface area contributed by atoms with Crippen LogP contribution in [0.2, 0.25) is 0 Å². The number of nitrogen functional groups attached to an aromatic ring is 1. The highest BCUT2D eigenvalue weighted by atomic mass is 19.4. The lowest BCUT2D eigenvalue weighted by atomic mass is 10.1. The van der Waals surface area contributed by atoms with Crippen molar-refractivity contribution >= 4 is 16.8 Å². The Labute approximate surface area is 104 Å². The molecular formula is C12H7F3N2O2. The first-order valence-electron chi connectivity index (χ1n) is 5.27. The van der Waals surface area contributed by atoms with E-state index in [0.717, 1.165) is 6.07 Å². The number of aromatic nitrogens is 1. The number of nitrogens with two attached hydrogens (primary N) is 1. The van der Waals surface area contributed by atoms with Crippen LogP contribution in [0.3, 0.4) is 0 Å². The molecule has 2 aromatic heterocycles. The minimum Gasteiger partial charge on any atom is -0.452 e. The van der Waals surface area contributed by atoms with E-state index in [1.807, 2.05) is 0 Å². The molecule has 0 aliphatic carbocycles. The van der Waals surface area contributed by atoms with Gasteiger partial charge in [-0.15, -0.1) is 0 Å². The highest BCUT2D eigenvalue weighted by molar-refractivity contribution is 5.85. The van der Waals surface area contributed by atoms with Crippen molar-refractivity contribution < 1.29 is 22.1 Å². The molecule has 2 heterocycles. The molecule has 19 heavy (non-hydrogen) atoms. The maximum atomic E-state index is 12.8. The average Bonchev–Trinajstić information content (AvgIpc) is 2.92. The summed E-state index contributed by atoms with van der Waals surface area (Å²) in [6.45, 7) is 0. The number of alkyl halides is 3. The topological polar surface area (TPSA) is 65.2 Å². The van der Waals surface area contributed by atoms with Gasteiger partial charge >= 0.3 is 6.18 Å². The molecule has 1 aromatic carbocycles. The van der Waals surface area contributed by atoms with Crippen LogP contribution in [-0.2, 0) is 6.18 Å². The van der Waals surface area contributed by atoms with E-state index < -0.39 is 11.7 Å². The van der Waals surface area contributed by atoms with E-state index >= 15 is 0 Å². The Morgan fingerprint density at radius 3 is 2.53 bits per heavy atom. The smallest absolute Gasteiger partial charge is 0.420 e. The maximum Gasteiger partial charge on any atom is 0.420 e. The Morgan fingerprint density at radius 1 is 1.11 bits per heavy atom. The van der Waals surface area contributed by atoms with Gasteiger partial charge in [-0.05, 0) is 12.1 Å². The van der Waals surface area contributed by atoms with Gasteiger partial charge in [0.25, 0.3) is 0 Å². The second-order valence-corrected chi connectivity index (χ2v) is 3.95. The molecule has 0 atom stereocenters. The first-order chi connectivity index (χ1) is 8.95. The lowest BCUT2D eigenvalue weighted by Gasteiger charge is -2.05. The molecule has 3 rings (SSSR count). The van der Waals surface area contributed by atoms with E-state index in [1.54, 1.807) is 0 Å². The quantitative estimate of drug-likeness (QED) is 0.731. The molecular weight excluding hydrogens is 261 g/mol. The van der Waals surface area contributed by atoms with Crippen molar-refractivity contribution in [1.29, 1.82) is 0 Å². The maximum absolute atomic E-state index is 12.8. The summed E-state index contributed by atoms with van der Waals surface area (Å²) in [7, 11) is 0. The van der Waals surface area contributed by atoms with Crippen molar-refractivity contribution in [2.24, 2.45) is 0 Å². The van der Waals surface area contributed by atoms with E-state index in [1.165, 1.54) is 24.3 Å².